The summed E-state index contributed by atoms with van der Waals surface area (Å²) in [7, 11) is -3.58. The molecule has 1 aliphatic rings. The molecule has 0 radical (unpaired) electrons. The molecule has 0 aliphatic carbocycles. The molecule has 1 N–H and O–H groups in total. The first-order valence-corrected chi connectivity index (χ1v) is 13.3. The zero-order valence-corrected chi connectivity index (χ0v) is 20.9. The molecule has 0 bridgehead atoms. The van der Waals surface area contributed by atoms with Gasteiger partial charge in [-0.3, -0.25) is 0 Å². The summed E-state index contributed by atoms with van der Waals surface area (Å²) < 4.78 is 27.6. The lowest BCUT2D eigenvalue weighted by Gasteiger charge is -2.34. The van der Waals surface area contributed by atoms with Crippen LogP contribution in [-0.4, -0.2) is 48.9 Å². The highest BCUT2D eigenvalue weighted by molar-refractivity contribution is 7.89. The minimum absolute atomic E-state index is 0.0590. The lowest BCUT2D eigenvalue weighted by atomic mass is 10.1. The van der Waals surface area contributed by atoms with Crippen molar-refractivity contribution in [3.8, 4) is 0 Å². The van der Waals surface area contributed by atoms with Crippen molar-refractivity contribution in [3.63, 3.8) is 0 Å². The molecular weight excluding hydrogens is 482 g/mol. The predicted octanol–water partition coefficient (Wildman–Crippen LogP) is 4.97. The van der Waals surface area contributed by atoms with Crippen LogP contribution in [0.15, 0.2) is 83.8 Å². The van der Waals surface area contributed by atoms with Crippen molar-refractivity contribution in [1.29, 1.82) is 0 Å². The molecule has 1 fully saturated rings. The Balaban J connectivity index is 1.37. The maximum atomic E-state index is 13.0. The fourth-order valence-electron chi connectivity index (χ4n) is 4.23. The highest BCUT2D eigenvalue weighted by Crippen LogP contribution is 2.28. The van der Waals surface area contributed by atoms with E-state index in [0.717, 1.165) is 22.3 Å². The van der Waals surface area contributed by atoms with Gasteiger partial charge in [-0.2, -0.15) is 9.29 Å². The van der Waals surface area contributed by atoms with E-state index in [9.17, 15) is 8.42 Å². The van der Waals surface area contributed by atoms with Crippen molar-refractivity contribution >= 4 is 44.3 Å². The fraction of sp³-hybridized carbons (Fsp3) is 0.231. The minimum atomic E-state index is -3.58. The van der Waals surface area contributed by atoms with Crippen LogP contribution in [0.5, 0.6) is 0 Å². The Kier molecular flexibility index (Phi) is 6.60. The van der Waals surface area contributed by atoms with E-state index < -0.39 is 10.0 Å². The molecule has 1 unspecified atom stereocenters. The second-order valence-electron chi connectivity index (χ2n) is 8.51. The Hall–Kier alpha value is -3.20. The molecular formula is C26H26ClN5O2S. The number of benzene rings is 3. The number of piperazine rings is 1. The summed E-state index contributed by atoms with van der Waals surface area (Å²) in [5.74, 6) is 1.35. The van der Waals surface area contributed by atoms with Crippen LogP contribution in [0.3, 0.4) is 0 Å². The number of halogens is 1. The molecule has 1 aromatic heterocycles. The van der Waals surface area contributed by atoms with Crippen molar-refractivity contribution < 1.29 is 8.42 Å². The van der Waals surface area contributed by atoms with Gasteiger partial charge >= 0.3 is 0 Å². The summed E-state index contributed by atoms with van der Waals surface area (Å²) >= 11 is 5.92. The van der Waals surface area contributed by atoms with Crippen LogP contribution < -0.4 is 10.2 Å². The smallest absolute Gasteiger partial charge is 0.243 e. The standard InChI is InChI=1S/C26H26ClN5O2S/c1-19(20-7-3-2-4-8-20)28-25-23-9-5-6-10-24(23)29-26(30-25)31-15-17-32(18-16-31)35(33,34)22-13-11-21(27)12-14-22/h2-14,19H,15-18H2,1H3,(H,28,29,30). The summed E-state index contributed by atoms with van der Waals surface area (Å²) in [6.07, 6.45) is 0. The maximum absolute atomic E-state index is 13.0. The van der Waals surface area contributed by atoms with E-state index >= 15 is 0 Å². The molecule has 1 aliphatic heterocycles. The molecule has 0 amide bonds. The average Bonchev–Trinajstić information content (AvgIpc) is 2.89. The molecule has 1 atom stereocenters. The van der Waals surface area contributed by atoms with Gasteiger partial charge < -0.3 is 10.2 Å². The molecule has 0 spiro atoms. The maximum Gasteiger partial charge on any atom is 0.243 e. The first-order chi connectivity index (χ1) is 16.9. The van der Waals surface area contributed by atoms with Crippen LogP contribution in [0.1, 0.15) is 18.5 Å². The molecule has 4 aromatic rings. The van der Waals surface area contributed by atoms with Gasteiger partial charge in [-0.15, -0.1) is 0 Å². The number of fused-ring (bicyclic) bond motifs is 1. The second-order valence-corrected chi connectivity index (χ2v) is 10.9. The molecule has 0 saturated carbocycles. The van der Waals surface area contributed by atoms with Gasteiger partial charge in [0.1, 0.15) is 5.82 Å². The van der Waals surface area contributed by atoms with Crippen molar-refractivity contribution in [2.24, 2.45) is 0 Å². The van der Waals surface area contributed by atoms with Crippen molar-refractivity contribution in [2.75, 3.05) is 36.4 Å². The number of nitrogens with one attached hydrogen (secondary N) is 1. The van der Waals surface area contributed by atoms with E-state index in [1.807, 2.05) is 47.4 Å². The predicted molar refractivity (Wildman–Crippen MR) is 140 cm³/mol. The quantitative estimate of drug-likeness (QED) is 0.397. The fourth-order valence-corrected chi connectivity index (χ4v) is 5.78. The van der Waals surface area contributed by atoms with Gasteiger partial charge in [0.25, 0.3) is 0 Å². The molecule has 3 aromatic carbocycles. The second kappa shape index (κ2) is 9.81. The third-order valence-electron chi connectivity index (χ3n) is 6.22. The topological polar surface area (TPSA) is 78.4 Å². The average molecular weight is 508 g/mol. The number of anilines is 2. The Bertz CT molecular complexity index is 1420. The van der Waals surface area contributed by atoms with E-state index in [0.29, 0.717) is 37.1 Å². The first-order valence-electron chi connectivity index (χ1n) is 11.5. The van der Waals surface area contributed by atoms with Gasteiger partial charge in [-0.25, -0.2) is 13.4 Å². The highest BCUT2D eigenvalue weighted by atomic mass is 35.5. The minimum Gasteiger partial charge on any atom is -0.363 e. The zero-order valence-electron chi connectivity index (χ0n) is 19.3. The number of hydrogen-bond donors (Lipinski definition) is 1. The number of rotatable bonds is 6. The molecule has 5 rings (SSSR count). The van der Waals surface area contributed by atoms with Crippen molar-refractivity contribution in [2.45, 2.75) is 17.9 Å². The zero-order chi connectivity index (χ0) is 24.4. The van der Waals surface area contributed by atoms with Gasteiger partial charge in [0.2, 0.25) is 16.0 Å². The Labute approximate surface area is 210 Å². The Morgan fingerprint density at radius 2 is 1.51 bits per heavy atom. The highest BCUT2D eigenvalue weighted by Gasteiger charge is 2.29. The molecule has 7 nitrogen and oxygen atoms in total. The van der Waals surface area contributed by atoms with E-state index in [-0.39, 0.29) is 10.9 Å². The molecule has 1 saturated heterocycles. The summed E-state index contributed by atoms with van der Waals surface area (Å²) in [6, 6.07) is 24.5. The first kappa shape index (κ1) is 23.5. The van der Waals surface area contributed by atoms with Gasteiger partial charge in [0.15, 0.2) is 0 Å². The SMILES string of the molecule is CC(Nc1nc(N2CCN(S(=O)(=O)c3ccc(Cl)cc3)CC2)nc2ccccc12)c1ccccc1. The molecule has 180 valence electrons. The molecule has 2 heterocycles. The van der Waals surface area contributed by atoms with Gasteiger partial charge in [0, 0.05) is 42.6 Å². The number of para-hydroxylation sites is 1. The normalized spacial score (nSPS) is 15.8. The van der Waals surface area contributed by atoms with Gasteiger partial charge in [0.05, 0.1) is 10.4 Å². The Morgan fingerprint density at radius 1 is 0.857 bits per heavy atom. The van der Waals surface area contributed by atoms with E-state index in [2.05, 4.69) is 24.4 Å². The number of nitrogens with zero attached hydrogens (tertiary/aromatic N) is 4. The summed E-state index contributed by atoms with van der Waals surface area (Å²) in [4.78, 5) is 11.9. The molecule has 35 heavy (non-hydrogen) atoms. The summed E-state index contributed by atoms with van der Waals surface area (Å²) in [5, 5.41) is 5.00. The van der Waals surface area contributed by atoms with Gasteiger partial charge in [-0.05, 0) is 48.9 Å². The Morgan fingerprint density at radius 3 is 2.23 bits per heavy atom. The lowest BCUT2D eigenvalue weighted by Crippen LogP contribution is -2.49. The van der Waals surface area contributed by atoms with E-state index in [1.165, 1.54) is 4.31 Å². The monoisotopic (exact) mass is 507 g/mol. The van der Waals surface area contributed by atoms with Crippen LogP contribution in [0, 0.1) is 0 Å². The number of aromatic nitrogens is 2. The van der Waals surface area contributed by atoms with E-state index in [1.54, 1.807) is 24.3 Å². The molecule has 9 heteroatoms. The third-order valence-corrected chi connectivity index (χ3v) is 8.38. The summed E-state index contributed by atoms with van der Waals surface area (Å²) in [5.41, 5.74) is 2.01. The number of hydrogen-bond acceptors (Lipinski definition) is 6. The lowest BCUT2D eigenvalue weighted by molar-refractivity contribution is 0.382. The third kappa shape index (κ3) is 4.96. The van der Waals surface area contributed by atoms with Crippen molar-refractivity contribution in [1.82, 2.24) is 14.3 Å². The summed E-state index contributed by atoms with van der Waals surface area (Å²) in [6.45, 7) is 3.80. The van der Waals surface area contributed by atoms with Crippen LogP contribution in [0.25, 0.3) is 10.9 Å². The largest absolute Gasteiger partial charge is 0.363 e. The van der Waals surface area contributed by atoms with Crippen LogP contribution in [0.4, 0.5) is 11.8 Å². The van der Waals surface area contributed by atoms with Crippen LogP contribution in [-0.2, 0) is 10.0 Å². The van der Waals surface area contributed by atoms with Crippen LogP contribution >= 0.6 is 11.6 Å². The van der Waals surface area contributed by atoms with Gasteiger partial charge in [-0.1, -0.05) is 54.1 Å². The van der Waals surface area contributed by atoms with Crippen molar-refractivity contribution in [3.05, 3.63) is 89.4 Å². The van der Waals surface area contributed by atoms with Crippen LogP contribution in [0.2, 0.25) is 5.02 Å². The number of sulfonamides is 1. The van der Waals surface area contributed by atoms with E-state index in [4.69, 9.17) is 21.6 Å².